The molecule has 2 unspecified atom stereocenters. The highest BCUT2D eigenvalue weighted by Crippen LogP contribution is 2.52. The summed E-state index contributed by atoms with van der Waals surface area (Å²) in [6, 6.07) is 0.410. The van der Waals surface area contributed by atoms with Crippen LogP contribution in [0, 0.1) is 10.8 Å². The zero-order chi connectivity index (χ0) is 13.4. The first-order chi connectivity index (χ1) is 8.35. The number of likely N-dealkylation sites (tertiary alicyclic amines) is 1. The van der Waals surface area contributed by atoms with E-state index in [1.807, 2.05) is 4.90 Å². The predicted octanol–water partition coefficient (Wildman–Crippen LogP) is 1.39. The number of hydrogen-bond acceptors (Lipinski definition) is 3. The van der Waals surface area contributed by atoms with Crippen molar-refractivity contribution in [3.05, 3.63) is 0 Å². The molecule has 2 N–H and O–H groups in total. The minimum atomic E-state index is 0.134. The van der Waals surface area contributed by atoms with Crippen LogP contribution in [0.3, 0.4) is 0 Å². The largest absolute Gasteiger partial charge is 0.370 e. The Bertz CT molecular complexity index is 330. The third kappa shape index (κ3) is 2.86. The Kier molecular flexibility index (Phi) is 3.70. The van der Waals surface area contributed by atoms with Gasteiger partial charge in [-0.3, -0.25) is 4.79 Å². The van der Waals surface area contributed by atoms with Crippen LogP contribution in [-0.4, -0.2) is 43.2 Å². The minimum Gasteiger partial charge on any atom is -0.370 e. The molecular formula is C14H26N2O2. The SMILES string of the molecule is CC1(C)CC2CC(C)(CN2C(=O)COCCN)C1. The molecule has 1 saturated heterocycles. The number of hydrogen-bond donors (Lipinski definition) is 1. The fourth-order valence-corrected chi connectivity index (χ4v) is 4.08. The first-order valence-electron chi connectivity index (χ1n) is 6.93. The first kappa shape index (κ1) is 13.8. The molecule has 0 aromatic rings. The first-order valence-corrected chi connectivity index (χ1v) is 6.93. The Labute approximate surface area is 110 Å². The third-order valence-electron chi connectivity index (χ3n) is 4.22. The van der Waals surface area contributed by atoms with Crippen molar-refractivity contribution in [1.82, 2.24) is 4.90 Å². The molecule has 0 aromatic heterocycles. The van der Waals surface area contributed by atoms with Gasteiger partial charge in [0.15, 0.2) is 0 Å². The lowest BCUT2D eigenvalue weighted by Crippen LogP contribution is -2.39. The summed E-state index contributed by atoms with van der Waals surface area (Å²) in [7, 11) is 0. The van der Waals surface area contributed by atoms with Crippen LogP contribution in [0.2, 0.25) is 0 Å². The molecule has 18 heavy (non-hydrogen) atoms. The molecular weight excluding hydrogens is 228 g/mol. The number of fused-ring (bicyclic) bond motifs is 2. The molecule has 1 amide bonds. The van der Waals surface area contributed by atoms with Gasteiger partial charge < -0.3 is 15.4 Å². The highest BCUT2D eigenvalue weighted by Gasteiger charge is 2.50. The second-order valence-corrected chi connectivity index (χ2v) is 7.08. The van der Waals surface area contributed by atoms with Crippen molar-refractivity contribution in [1.29, 1.82) is 0 Å². The van der Waals surface area contributed by atoms with Crippen molar-refractivity contribution < 1.29 is 9.53 Å². The topological polar surface area (TPSA) is 55.6 Å². The smallest absolute Gasteiger partial charge is 0.248 e. The molecule has 2 aliphatic rings. The molecule has 1 heterocycles. The van der Waals surface area contributed by atoms with Gasteiger partial charge in [0, 0.05) is 19.1 Å². The molecule has 0 spiro atoms. The molecule has 2 fully saturated rings. The van der Waals surface area contributed by atoms with Crippen LogP contribution in [0.15, 0.2) is 0 Å². The zero-order valence-electron chi connectivity index (χ0n) is 11.9. The van der Waals surface area contributed by atoms with Crippen molar-refractivity contribution in [2.45, 2.75) is 46.1 Å². The fraction of sp³-hybridized carbons (Fsp3) is 0.929. The minimum absolute atomic E-state index is 0.134. The van der Waals surface area contributed by atoms with E-state index in [0.717, 1.165) is 19.4 Å². The third-order valence-corrected chi connectivity index (χ3v) is 4.22. The maximum atomic E-state index is 12.2. The van der Waals surface area contributed by atoms with Crippen LogP contribution >= 0.6 is 0 Å². The van der Waals surface area contributed by atoms with E-state index in [1.54, 1.807) is 0 Å². The average molecular weight is 254 g/mol. The fourth-order valence-electron chi connectivity index (χ4n) is 4.08. The second-order valence-electron chi connectivity index (χ2n) is 7.08. The summed E-state index contributed by atoms with van der Waals surface area (Å²) >= 11 is 0. The molecule has 0 aromatic carbocycles. The Morgan fingerprint density at radius 1 is 1.39 bits per heavy atom. The summed E-state index contributed by atoms with van der Waals surface area (Å²) in [5.41, 5.74) is 6.01. The number of nitrogens with two attached hydrogens (primary N) is 1. The van der Waals surface area contributed by atoms with Gasteiger partial charge in [0.1, 0.15) is 6.61 Å². The lowest BCUT2D eigenvalue weighted by Gasteiger charge is -2.39. The van der Waals surface area contributed by atoms with E-state index in [0.29, 0.717) is 30.0 Å². The highest BCUT2D eigenvalue weighted by atomic mass is 16.5. The molecule has 2 rings (SSSR count). The van der Waals surface area contributed by atoms with Gasteiger partial charge in [-0.25, -0.2) is 0 Å². The zero-order valence-corrected chi connectivity index (χ0v) is 11.9. The maximum Gasteiger partial charge on any atom is 0.248 e. The lowest BCUT2D eigenvalue weighted by molar-refractivity contribution is -0.137. The number of carbonyl (C=O) groups is 1. The summed E-state index contributed by atoms with van der Waals surface area (Å²) < 4.78 is 5.27. The Morgan fingerprint density at radius 3 is 2.78 bits per heavy atom. The van der Waals surface area contributed by atoms with Crippen molar-refractivity contribution in [3.8, 4) is 0 Å². The van der Waals surface area contributed by atoms with Crippen LogP contribution in [0.4, 0.5) is 0 Å². The second kappa shape index (κ2) is 4.82. The van der Waals surface area contributed by atoms with Gasteiger partial charge in [0.05, 0.1) is 6.61 Å². The van der Waals surface area contributed by atoms with E-state index in [-0.39, 0.29) is 12.5 Å². The van der Waals surface area contributed by atoms with E-state index in [4.69, 9.17) is 10.5 Å². The standard InChI is InChI=1S/C14H26N2O2/c1-13(2)6-11-7-14(3,9-13)10-16(11)12(17)8-18-5-4-15/h11H,4-10,15H2,1-3H3. The quantitative estimate of drug-likeness (QED) is 0.771. The number of nitrogens with zero attached hydrogens (tertiary/aromatic N) is 1. The molecule has 4 heteroatoms. The number of ether oxygens (including phenoxy) is 1. The molecule has 0 radical (unpaired) electrons. The Morgan fingerprint density at radius 2 is 2.11 bits per heavy atom. The highest BCUT2D eigenvalue weighted by molar-refractivity contribution is 5.78. The van der Waals surface area contributed by atoms with Gasteiger partial charge in [-0.05, 0) is 30.1 Å². The number of carbonyl (C=O) groups excluding carboxylic acids is 1. The van der Waals surface area contributed by atoms with Gasteiger partial charge in [0.2, 0.25) is 5.91 Å². The van der Waals surface area contributed by atoms with E-state index in [9.17, 15) is 4.79 Å². The summed E-state index contributed by atoms with van der Waals surface area (Å²) in [6.07, 6.45) is 3.48. The molecule has 1 aliphatic carbocycles. The Hall–Kier alpha value is -0.610. The van der Waals surface area contributed by atoms with Crippen molar-refractivity contribution >= 4 is 5.91 Å². The summed E-state index contributed by atoms with van der Waals surface area (Å²) in [6.45, 7) is 8.96. The van der Waals surface area contributed by atoms with Gasteiger partial charge >= 0.3 is 0 Å². The molecule has 4 nitrogen and oxygen atoms in total. The lowest BCUT2D eigenvalue weighted by atomic mass is 9.65. The van der Waals surface area contributed by atoms with Crippen LogP contribution < -0.4 is 5.73 Å². The maximum absolute atomic E-state index is 12.2. The summed E-state index contributed by atoms with van der Waals surface area (Å²) in [5.74, 6) is 0.134. The Balaban J connectivity index is 1.98. The number of rotatable bonds is 4. The summed E-state index contributed by atoms with van der Waals surface area (Å²) in [5, 5.41) is 0. The van der Waals surface area contributed by atoms with E-state index in [1.165, 1.54) is 6.42 Å². The van der Waals surface area contributed by atoms with Gasteiger partial charge in [-0.2, -0.15) is 0 Å². The number of amides is 1. The van der Waals surface area contributed by atoms with E-state index in [2.05, 4.69) is 20.8 Å². The summed E-state index contributed by atoms with van der Waals surface area (Å²) in [4.78, 5) is 14.2. The molecule has 1 saturated carbocycles. The average Bonchev–Trinajstić information content (AvgIpc) is 2.48. The van der Waals surface area contributed by atoms with Gasteiger partial charge in [-0.15, -0.1) is 0 Å². The molecule has 1 aliphatic heterocycles. The monoisotopic (exact) mass is 254 g/mol. The van der Waals surface area contributed by atoms with Crippen molar-refractivity contribution in [3.63, 3.8) is 0 Å². The van der Waals surface area contributed by atoms with Crippen LogP contribution in [0.5, 0.6) is 0 Å². The predicted molar refractivity (Wildman–Crippen MR) is 71.1 cm³/mol. The normalized spacial score (nSPS) is 33.8. The van der Waals surface area contributed by atoms with Crippen LogP contribution in [0.1, 0.15) is 40.0 Å². The van der Waals surface area contributed by atoms with Gasteiger partial charge in [0.25, 0.3) is 0 Å². The van der Waals surface area contributed by atoms with Gasteiger partial charge in [-0.1, -0.05) is 20.8 Å². The van der Waals surface area contributed by atoms with Crippen molar-refractivity contribution in [2.75, 3.05) is 26.3 Å². The molecule has 2 bridgehead atoms. The molecule has 104 valence electrons. The van der Waals surface area contributed by atoms with Crippen LogP contribution in [0.25, 0.3) is 0 Å². The molecule has 2 atom stereocenters. The van der Waals surface area contributed by atoms with Crippen LogP contribution in [-0.2, 0) is 9.53 Å². The van der Waals surface area contributed by atoms with E-state index >= 15 is 0 Å². The van der Waals surface area contributed by atoms with E-state index < -0.39 is 0 Å². The van der Waals surface area contributed by atoms with Crippen molar-refractivity contribution in [2.24, 2.45) is 16.6 Å².